The maximum Gasteiger partial charge on any atom is 0.120 e. The smallest absolute Gasteiger partial charge is 0.120 e. The first-order valence-electron chi connectivity index (χ1n) is 21.2. The quantitative estimate of drug-likeness (QED) is 0.255. The van der Waals surface area contributed by atoms with Gasteiger partial charge in [-0.2, -0.15) is 0 Å². The molecule has 10 saturated carbocycles. The summed E-state index contributed by atoms with van der Waals surface area (Å²) in [6, 6.07) is 0.879. The molecule has 4 saturated heterocycles. The Morgan fingerprint density at radius 1 is 0.809 bits per heavy atom. The minimum Gasteiger partial charge on any atom is -0.370 e. The lowest BCUT2D eigenvalue weighted by Crippen LogP contribution is -2.71. The lowest BCUT2D eigenvalue weighted by atomic mass is 9.38. The van der Waals surface area contributed by atoms with Crippen LogP contribution in [0.1, 0.15) is 117 Å². The summed E-state index contributed by atoms with van der Waals surface area (Å²) >= 11 is 0. The molecule has 18 atom stereocenters. The van der Waals surface area contributed by atoms with E-state index in [1.807, 2.05) is 5.57 Å². The van der Waals surface area contributed by atoms with Crippen LogP contribution in [0.15, 0.2) is 11.6 Å². The lowest BCUT2D eigenvalue weighted by Gasteiger charge is -2.72. The molecule has 0 aromatic heterocycles. The zero-order valence-electron chi connectivity index (χ0n) is 29.7. The molecule has 4 heterocycles. The second-order valence-corrected chi connectivity index (χ2v) is 22.4. The first-order valence-corrected chi connectivity index (χ1v) is 21.2. The van der Waals surface area contributed by atoms with E-state index in [1.165, 1.54) is 96.6 Å². The zero-order valence-corrected chi connectivity index (χ0v) is 29.7. The third kappa shape index (κ3) is 2.43. The molecule has 4 nitrogen and oxygen atoms in total. The zero-order chi connectivity index (χ0) is 30.8. The molecular weight excluding hydrogens is 576 g/mol. The summed E-state index contributed by atoms with van der Waals surface area (Å²) in [5.41, 5.74) is 5.48. The van der Waals surface area contributed by atoms with Crippen LogP contribution in [0.3, 0.4) is 0 Å². The average molecular weight is 637 g/mol. The molecule has 0 radical (unpaired) electrons. The van der Waals surface area contributed by atoms with E-state index in [9.17, 15) is 0 Å². The summed E-state index contributed by atoms with van der Waals surface area (Å²) in [4.78, 5) is 5.81. The Morgan fingerprint density at radius 3 is 2.57 bits per heavy atom. The summed E-state index contributed by atoms with van der Waals surface area (Å²) in [5.74, 6) is 6.36. The van der Waals surface area contributed by atoms with E-state index in [2.05, 4.69) is 36.8 Å². The monoisotopic (exact) mass is 636 g/mol. The minimum absolute atomic E-state index is 0.186. The standard InChI is InChI=1S/C43H60N2O2/c1-36-8-4-10-42-29(36)7-13-39-22-40(25(19-31(39)42)18-27(39)33(42)44(3)23-36)14-15-41-26-20-32-38(21-28(26)41,34(41)47-40)12-6-30-37(2)9-5-11-43(30,32)35-45(24-37)16-17-46-35/h20,25-31,33-35H,4-19,21-24H2,1-3H3. The van der Waals surface area contributed by atoms with Crippen molar-refractivity contribution in [1.82, 2.24) is 9.80 Å². The highest BCUT2D eigenvalue weighted by atomic mass is 16.5. The molecule has 0 N–H and O–H groups in total. The number of likely N-dealkylation sites (tertiary alicyclic amines) is 1. The molecule has 0 aromatic carbocycles. The normalized spacial score (nSPS) is 70.5. The summed E-state index contributed by atoms with van der Waals surface area (Å²) in [6.07, 6.45) is 27.5. The molecule has 16 aliphatic rings. The summed E-state index contributed by atoms with van der Waals surface area (Å²) in [6.45, 7) is 10.2. The SMILES string of the molecule is CN1CC2(C)CCCC34C1C1CC5CC3C1(CCC24)CC51CCC23C4C=C5C(CCC6C7(C)CCCC56C5OCCN5C7)(CC42)C3O1. The third-order valence-electron chi connectivity index (χ3n) is 21.9. The van der Waals surface area contributed by atoms with Gasteiger partial charge in [-0.1, -0.05) is 38.3 Å². The number of rotatable bonds is 0. The predicted molar refractivity (Wildman–Crippen MR) is 180 cm³/mol. The molecule has 254 valence electrons. The van der Waals surface area contributed by atoms with Gasteiger partial charge in [0.25, 0.3) is 0 Å². The van der Waals surface area contributed by atoms with Gasteiger partial charge in [0.1, 0.15) is 6.23 Å². The van der Waals surface area contributed by atoms with Crippen molar-refractivity contribution in [3.05, 3.63) is 11.6 Å². The van der Waals surface area contributed by atoms with Crippen molar-refractivity contribution in [1.29, 1.82) is 0 Å². The van der Waals surface area contributed by atoms with Crippen LogP contribution in [-0.2, 0) is 9.47 Å². The highest BCUT2D eigenvalue weighted by Gasteiger charge is 2.88. The van der Waals surface area contributed by atoms with Crippen LogP contribution < -0.4 is 0 Å². The van der Waals surface area contributed by atoms with Crippen molar-refractivity contribution in [3.8, 4) is 0 Å². The fraction of sp³-hybridized carbons (Fsp3) is 0.953. The number of hydrogen-bond donors (Lipinski definition) is 0. The maximum atomic E-state index is 8.32. The number of fused-ring (bicyclic) bond motifs is 1. The fourth-order valence-corrected chi connectivity index (χ4v) is 21.5. The van der Waals surface area contributed by atoms with E-state index in [4.69, 9.17) is 9.47 Å². The Balaban J connectivity index is 0.874. The van der Waals surface area contributed by atoms with E-state index in [0.29, 0.717) is 44.8 Å². The highest BCUT2D eigenvalue weighted by molar-refractivity contribution is 5.49. The number of allylic oxidation sites excluding steroid dienone is 1. The first-order chi connectivity index (χ1) is 22.7. The summed E-state index contributed by atoms with van der Waals surface area (Å²) in [5, 5.41) is 0. The van der Waals surface area contributed by atoms with Crippen LogP contribution in [0.25, 0.3) is 0 Å². The van der Waals surface area contributed by atoms with Crippen molar-refractivity contribution >= 4 is 0 Å². The molecular formula is C43H60N2O2. The first kappa shape index (κ1) is 27.3. The summed E-state index contributed by atoms with van der Waals surface area (Å²) < 4.78 is 15.2. The van der Waals surface area contributed by atoms with E-state index in [1.54, 1.807) is 19.3 Å². The second-order valence-electron chi connectivity index (χ2n) is 22.4. The van der Waals surface area contributed by atoms with Gasteiger partial charge in [-0.25, -0.2) is 0 Å². The molecule has 14 fully saturated rings. The number of ether oxygens (including phenoxy) is 2. The van der Waals surface area contributed by atoms with Crippen molar-refractivity contribution in [3.63, 3.8) is 0 Å². The average Bonchev–Trinajstić information content (AvgIpc) is 3.23. The maximum absolute atomic E-state index is 8.32. The van der Waals surface area contributed by atoms with Crippen LogP contribution in [0.4, 0.5) is 0 Å². The van der Waals surface area contributed by atoms with Crippen LogP contribution in [0.5, 0.6) is 0 Å². The summed E-state index contributed by atoms with van der Waals surface area (Å²) in [7, 11) is 2.57. The molecule has 47 heavy (non-hydrogen) atoms. The van der Waals surface area contributed by atoms with Gasteiger partial charge in [0.15, 0.2) is 0 Å². The number of hydrogen-bond acceptors (Lipinski definition) is 4. The van der Waals surface area contributed by atoms with Gasteiger partial charge in [0.05, 0.1) is 18.3 Å². The largest absolute Gasteiger partial charge is 0.370 e. The van der Waals surface area contributed by atoms with E-state index in [-0.39, 0.29) is 11.0 Å². The molecule has 0 amide bonds. The fourth-order valence-electron chi connectivity index (χ4n) is 21.5. The molecule has 12 bridgehead atoms. The molecule has 4 aliphatic heterocycles. The van der Waals surface area contributed by atoms with Crippen LogP contribution in [0, 0.1) is 79.3 Å². The topological polar surface area (TPSA) is 24.9 Å². The molecule has 12 aliphatic carbocycles. The van der Waals surface area contributed by atoms with Crippen molar-refractivity contribution in [2.45, 2.75) is 141 Å². The Hall–Kier alpha value is -0.420. The van der Waals surface area contributed by atoms with Gasteiger partial charge in [-0.3, -0.25) is 4.90 Å². The van der Waals surface area contributed by atoms with E-state index >= 15 is 0 Å². The van der Waals surface area contributed by atoms with Gasteiger partial charge in [-0.05, 0) is 160 Å². The Morgan fingerprint density at radius 2 is 1.66 bits per heavy atom. The van der Waals surface area contributed by atoms with Crippen LogP contribution in [0.2, 0.25) is 0 Å². The second kappa shape index (κ2) is 7.54. The van der Waals surface area contributed by atoms with Crippen molar-refractivity contribution in [2.24, 2.45) is 79.3 Å². The van der Waals surface area contributed by atoms with Crippen molar-refractivity contribution < 1.29 is 9.47 Å². The lowest BCUT2D eigenvalue weighted by molar-refractivity contribution is -0.292. The molecule has 5 spiro atoms. The van der Waals surface area contributed by atoms with Gasteiger partial charge in [-0.15, -0.1) is 0 Å². The van der Waals surface area contributed by atoms with Crippen molar-refractivity contribution in [2.75, 3.05) is 33.3 Å². The predicted octanol–water partition coefficient (Wildman–Crippen LogP) is 7.67. The Kier molecular flexibility index (Phi) is 4.38. The van der Waals surface area contributed by atoms with Gasteiger partial charge in [0.2, 0.25) is 0 Å². The molecule has 4 heteroatoms. The van der Waals surface area contributed by atoms with Gasteiger partial charge < -0.3 is 14.4 Å². The van der Waals surface area contributed by atoms with E-state index < -0.39 is 0 Å². The number of nitrogens with zero attached hydrogens (tertiary/aromatic N) is 2. The third-order valence-corrected chi connectivity index (χ3v) is 21.9. The van der Waals surface area contributed by atoms with Crippen LogP contribution in [-0.4, -0.2) is 67.1 Å². The number of piperidine rings is 2. The van der Waals surface area contributed by atoms with Gasteiger partial charge >= 0.3 is 0 Å². The Bertz CT molecular complexity index is 1580. The molecule has 18 unspecified atom stereocenters. The molecule has 0 aromatic rings. The molecule has 16 rings (SSSR count). The Labute approximate surface area is 283 Å². The van der Waals surface area contributed by atoms with Gasteiger partial charge in [0, 0.05) is 41.9 Å². The minimum atomic E-state index is 0.186. The van der Waals surface area contributed by atoms with Crippen LogP contribution >= 0.6 is 0 Å². The van der Waals surface area contributed by atoms with E-state index in [0.717, 1.165) is 60.6 Å². The highest BCUT2D eigenvalue weighted by Crippen LogP contribution is 2.90.